The van der Waals surface area contributed by atoms with Crippen LogP contribution in [0.1, 0.15) is 12.5 Å². The number of halogens is 2. The Morgan fingerprint density at radius 1 is 1.39 bits per heavy atom. The maximum absolute atomic E-state index is 12.0. The van der Waals surface area contributed by atoms with Crippen molar-refractivity contribution >= 4 is 0 Å². The van der Waals surface area contributed by atoms with E-state index in [1.165, 1.54) is 0 Å². The number of nitrogens with zero attached hydrogens (tertiary/aromatic N) is 1. The summed E-state index contributed by atoms with van der Waals surface area (Å²) in [5.41, 5.74) is 1.12. The van der Waals surface area contributed by atoms with E-state index >= 15 is 0 Å². The van der Waals surface area contributed by atoms with E-state index in [1.807, 2.05) is 12.1 Å². The van der Waals surface area contributed by atoms with Crippen LogP contribution < -0.4 is 10.1 Å². The van der Waals surface area contributed by atoms with Gasteiger partial charge in [0.1, 0.15) is 5.75 Å². The summed E-state index contributed by atoms with van der Waals surface area (Å²) in [6.07, 6.45) is 0. The Morgan fingerprint density at radius 2 is 2.11 bits per heavy atom. The molecule has 0 spiro atoms. The van der Waals surface area contributed by atoms with E-state index in [2.05, 4.69) is 21.9 Å². The van der Waals surface area contributed by atoms with Crippen molar-refractivity contribution in [2.24, 2.45) is 0 Å². The Kier molecular flexibility index (Phi) is 4.49. The van der Waals surface area contributed by atoms with Crippen LogP contribution in [0.2, 0.25) is 0 Å². The second-order valence-corrected chi connectivity index (χ2v) is 4.55. The molecular formula is C13H18F2N2O. The van der Waals surface area contributed by atoms with Crippen LogP contribution in [0.5, 0.6) is 5.75 Å². The summed E-state index contributed by atoms with van der Waals surface area (Å²) in [6.45, 7) is 3.27. The monoisotopic (exact) mass is 256 g/mol. The first-order valence-electron chi connectivity index (χ1n) is 6.13. The van der Waals surface area contributed by atoms with Crippen molar-refractivity contribution in [1.82, 2.24) is 10.2 Å². The molecule has 1 saturated heterocycles. The van der Waals surface area contributed by atoms with Crippen LogP contribution in [0.3, 0.4) is 0 Å². The first-order chi connectivity index (χ1) is 8.65. The molecule has 1 unspecified atom stereocenters. The highest BCUT2D eigenvalue weighted by Gasteiger charge is 2.17. The summed E-state index contributed by atoms with van der Waals surface area (Å²) in [5.74, 6) is 0.210. The summed E-state index contributed by atoms with van der Waals surface area (Å²) in [5, 5.41) is 3.34. The van der Waals surface area contributed by atoms with Gasteiger partial charge in [-0.25, -0.2) is 0 Å². The van der Waals surface area contributed by atoms with Gasteiger partial charge in [-0.15, -0.1) is 0 Å². The van der Waals surface area contributed by atoms with Gasteiger partial charge in [0.15, 0.2) is 0 Å². The Morgan fingerprint density at radius 3 is 2.72 bits per heavy atom. The quantitative estimate of drug-likeness (QED) is 0.892. The second kappa shape index (κ2) is 6.11. The van der Waals surface area contributed by atoms with Crippen LogP contribution in [-0.2, 0) is 6.54 Å². The van der Waals surface area contributed by atoms with Crippen molar-refractivity contribution in [2.45, 2.75) is 26.1 Å². The maximum Gasteiger partial charge on any atom is 0.387 e. The van der Waals surface area contributed by atoms with Crippen molar-refractivity contribution in [3.05, 3.63) is 29.8 Å². The zero-order chi connectivity index (χ0) is 13.0. The largest absolute Gasteiger partial charge is 0.435 e. The number of alkyl halides is 2. The van der Waals surface area contributed by atoms with Crippen LogP contribution in [0, 0.1) is 0 Å². The smallest absolute Gasteiger partial charge is 0.387 e. The predicted molar refractivity (Wildman–Crippen MR) is 65.8 cm³/mol. The molecule has 0 amide bonds. The van der Waals surface area contributed by atoms with Crippen molar-refractivity contribution in [1.29, 1.82) is 0 Å². The first kappa shape index (κ1) is 13.2. The number of piperazine rings is 1. The molecule has 18 heavy (non-hydrogen) atoms. The Bertz CT molecular complexity index is 370. The molecule has 1 N–H and O–H groups in total. The topological polar surface area (TPSA) is 24.5 Å². The van der Waals surface area contributed by atoms with Gasteiger partial charge in [-0.2, -0.15) is 8.78 Å². The zero-order valence-electron chi connectivity index (χ0n) is 10.4. The van der Waals surface area contributed by atoms with Crippen molar-refractivity contribution in [3.8, 4) is 5.75 Å². The van der Waals surface area contributed by atoms with Gasteiger partial charge in [-0.3, -0.25) is 4.90 Å². The molecule has 1 aromatic carbocycles. The van der Waals surface area contributed by atoms with Gasteiger partial charge < -0.3 is 10.1 Å². The molecule has 1 heterocycles. The molecule has 0 aliphatic carbocycles. The maximum atomic E-state index is 12.0. The lowest BCUT2D eigenvalue weighted by atomic mass is 10.1. The molecule has 1 aliphatic heterocycles. The number of hydrogen-bond donors (Lipinski definition) is 1. The van der Waals surface area contributed by atoms with E-state index in [0.717, 1.165) is 31.7 Å². The average molecular weight is 256 g/mol. The van der Waals surface area contributed by atoms with Crippen molar-refractivity contribution in [3.63, 3.8) is 0 Å². The average Bonchev–Trinajstić information content (AvgIpc) is 2.34. The third-order valence-electron chi connectivity index (χ3n) is 3.17. The summed E-state index contributed by atoms with van der Waals surface area (Å²) in [6, 6.07) is 7.36. The second-order valence-electron chi connectivity index (χ2n) is 4.55. The molecule has 0 bridgehead atoms. The lowest BCUT2D eigenvalue weighted by Crippen LogP contribution is -2.49. The molecule has 1 atom stereocenters. The highest BCUT2D eigenvalue weighted by atomic mass is 19.3. The van der Waals surface area contributed by atoms with Gasteiger partial charge in [-0.1, -0.05) is 12.1 Å². The van der Waals surface area contributed by atoms with Gasteiger partial charge in [0, 0.05) is 32.2 Å². The minimum Gasteiger partial charge on any atom is -0.435 e. The van der Waals surface area contributed by atoms with Crippen LogP contribution >= 0.6 is 0 Å². The SMILES string of the molecule is CC1CNCCN1Cc1ccc(OC(F)F)cc1. The highest BCUT2D eigenvalue weighted by Crippen LogP contribution is 2.17. The Balaban J connectivity index is 1.93. The number of ether oxygens (including phenoxy) is 1. The van der Waals surface area contributed by atoms with E-state index in [-0.39, 0.29) is 5.75 Å². The predicted octanol–water partition coefficient (Wildman–Crippen LogP) is 2.08. The fourth-order valence-electron chi connectivity index (χ4n) is 2.13. The lowest BCUT2D eigenvalue weighted by Gasteiger charge is -2.33. The van der Waals surface area contributed by atoms with Crippen LogP contribution in [0.4, 0.5) is 8.78 Å². The molecule has 1 fully saturated rings. The third kappa shape index (κ3) is 3.65. The minimum atomic E-state index is -2.76. The molecule has 0 radical (unpaired) electrons. The van der Waals surface area contributed by atoms with Gasteiger partial charge in [0.25, 0.3) is 0 Å². The van der Waals surface area contributed by atoms with Crippen LogP contribution in [0.15, 0.2) is 24.3 Å². The fraction of sp³-hybridized carbons (Fsp3) is 0.538. The highest BCUT2D eigenvalue weighted by molar-refractivity contribution is 5.27. The molecule has 3 nitrogen and oxygen atoms in total. The minimum absolute atomic E-state index is 0.210. The molecule has 5 heteroatoms. The number of hydrogen-bond acceptors (Lipinski definition) is 3. The molecule has 100 valence electrons. The van der Waals surface area contributed by atoms with Gasteiger partial charge in [0.2, 0.25) is 0 Å². The van der Waals surface area contributed by atoms with Gasteiger partial charge >= 0.3 is 6.61 Å². The Hall–Kier alpha value is -1.20. The van der Waals surface area contributed by atoms with Crippen molar-refractivity contribution < 1.29 is 13.5 Å². The molecule has 0 saturated carbocycles. The summed E-state index contributed by atoms with van der Waals surface area (Å²) >= 11 is 0. The van der Waals surface area contributed by atoms with E-state index in [4.69, 9.17) is 0 Å². The van der Waals surface area contributed by atoms with E-state index in [1.54, 1.807) is 12.1 Å². The van der Waals surface area contributed by atoms with Crippen LogP contribution in [-0.4, -0.2) is 37.2 Å². The molecule has 1 aliphatic rings. The van der Waals surface area contributed by atoms with Gasteiger partial charge in [-0.05, 0) is 24.6 Å². The third-order valence-corrected chi connectivity index (χ3v) is 3.17. The summed E-state index contributed by atoms with van der Waals surface area (Å²) in [7, 11) is 0. The normalized spacial score (nSPS) is 21.2. The summed E-state index contributed by atoms with van der Waals surface area (Å²) < 4.78 is 28.3. The number of benzene rings is 1. The number of rotatable bonds is 4. The van der Waals surface area contributed by atoms with E-state index < -0.39 is 6.61 Å². The van der Waals surface area contributed by atoms with E-state index in [9.17, 15) is 8.78 Å². The summed E-state index contributed by atoms with van der Waals surface area (Å²) in [4.78, 5) is 2.37. The fourth-order valence-corrected chi connectivity index (χ4v) is 2.13. The zero-order valence-corrected chi connectivity index (χ0v) is 10.4. The first-order valence-corrected chi connectivity index (χ1v) is 6.13. The molecule has 2 rings (SSSR count). The lowest BCUT2D eigenvalue weighted by molar-refractivity contribution is -0.0498. The molecule has 1 aromatic rings. The van der Waals surface area contributed by atoms with Crippen LogP contribution in [0.25, 0.3) is 0 Å². The standard InChI is InChI=1S/C13H18F2N2O/c1-10-8-16-6-7-17(10)9-11-2-4-12(5-3-11)18-13(14)15/h2-5,10,13,16H,6-9H2,1H3. The van der Waals surface area contributed by atoms with E-state index in [0.29, 0.717) is 6.04 Å². The molecule has 0 aromatic heterocycles. The van der Waals surface area contributed by atoms with Crippen molar-refractivity contribution in [2.75, 3.05) is 19.6 Å². The van der Waals surface area contributed by atoms with Gasteiger partial charge in [0.05, 0.1) is 0 Å². The molecular weight excluding hydrogens is 238 g/mol. The Labute approximate surface area is 106 Å². The number of nitrogens with one attached hydrogen (secondary N) is 1.